The zero-order chi connectivity index (χ0) is 27.2. The van der Waals surface area contributed by atoms with Crippen LogP contribution >= 0.6 is 11.6 Å². The normalized spacial score (nSPS) is 20.8. The number of ketones is 1. The van der Waals surface area contributed by atoms with Gasteiger partial charge in [-0.1, -0.05) is 36.9 Å². The molecule has 2 aliphatic carbocycles. The maximum Gasteiger partial charge on any atom is 0.289 e. The Kier molecular flexibility index (Phi) is 9.14. The molecule has 3 unspecified atom stereocenters. The lowest BCUT2D eigenvalue weighted by molar-refractivity contribution is -0.141. The van der Waals surface area contributed by atoms with Crippen LogP contribution in [0.1, 0.15) is 56.9 Å². The van der Waals surface area contributed by atoms with Crippen molar-refractivity contribution in [2.75, 3.05) is 6.54 Å². The van der Waals surface area contributed by atoms with Gasteiger partial charge in [0.15, 0.2) is 0 Å². The maximum absolute atomic E-state index is 14.1. The van der Waals surface area contributed by atoms with Crippen LogP contribution in [0.2, 0.25) is 5.02 Å². The van der Waals surface area contributed by atoms with Crippen LogP contribution in [0.25, 0.3) is 6.08 Å². The zero-order valence-electron chi connectivity index (χ0n) is 20.9. The number of hydrogen-bond donors (Lipinski definition) is 4. The number of Topliss-reactive ketones (excluding diaryl/α,β-unsaturated/α-hetero) is 1. The summed E-state index contributed by atoms with van der Waals surface area (Å²) in [6.45, 7) is 0.466. The maximum atomic E-state index is 14.1. The molecule has 0 spiro atoms. The number of rotatable bonds is 12. The Morgan fingerprint density at radius 2 is 1.82 bits per heavy atom. The third-order valence-electron chi connectivity index (χ3n) is 7.26. The van der Waals surface area contributed by atoms with Gasteiger partial charge in [-0.3, -0.25) is 24.0 Å². The quantitative estimate of drug-likeness (QED) is 0.235. The Balaban J connectivity index is 1.44. The molecule has 3 fully saturated rings. The molecule has 3 aliphatic rings. The molecule has 0 radical (unpaired) electrons. The van der Waals surface area contributed by atoms with Crippen molar-refractivity contribution in [3.05, 3.63) is 40.7 Å². The minimum Gasteiger partial charge on any atom is -0.356 e. The lowest BCUT2D eigenvalue weighted by Crippen LogP contribution is -2.55. The largest absolute Gasteiger partial charge is 0.356 e. The summed E-state index contributed by atoms with van der Waals surface area (Å²) in [6.07, 6.45) is 7.72. The molecule has 1 saturated heterocycles. The summed E-state index contributed by atoms with van der Waals surface area (Å²) in [5.74, 6) is -3.90. The third kappa shape index (κ3) is 7.63. The van der Waals surface area contributed by atoms with Crippen molar-refractivity contribution in [2.24, 2.45) is 11.8 Å². The molecule has 4 rings (SSSR count). The highest BCUT2D eigenvalue weighted by Crippen LogP contribution is 2.30. The summed E-state index contributed by atoms with van der Waals surface area (Å²) in [5.41, 5.74) is 0.159. The Bertz CT molecular complexity index is 1130. The van der Waals surface area contributed by atoms with Crippen LogP contribution in [0.5, 0.6) is 0 Å². The molecular formula is C27H32ClFN4O5. The second-order valence-corrected chi connectivity index (χ2v) is 10.7. The number of nitrogens with one attached hydrogen (secondary N) is 4. The van der Waals surface area contributed by atoms with Gasteiger partial charge in [0.2, 0.25) is 23.5 Å². The Morgan fingerprint density at radius 3 is 2.42 bits per heavy atom. The standard InChI is InChI=1S/C27H32ClFN4O5/c28-18-6-4-16(20(29)14-18)5-9-23(34)32-22(12-15-2-1-3-15)26(37)33-21(13-17-10-11-30-25(17)36)24(35)27(38)31-19-7-8-19/h4-6,9,14-15,17,19,21-22H,1-3,7-8,10-13H2,(H,30,36)(H,31,38)(H,32,34)(H,33,37)/b9-5+. The van der Waals surface area contributed by atoms with E-state index in [1.165, 1.54) is 18.2 Å². The molecule has 3 atom stereocenters. The van der Waals surface area contributed by atoms with E-state index < -0.39 is 47.3 Å². The number of carbonyl (C=O) groups is 5. The van der Waals surface area contributed by atoms with E-state index in [1.807, 2.05) is 0 Å². The summed E-state index contributed by atoms with van der Waals surface area (Å²) >= 11 is 5.76. The zero-order valence-corrected chi connectivity index (χ0v) is 21.7. The molecule has 2 saturated carbocycles. The molecule has 204 valence electrons. The minimum absolute atomic E-state index is 0.00562. The van der Waals surface area contributed by atoms with Crippen molar-refractivity contribution in [2.45, 2.75) is 69.5 Å². The summed E-state index contributed by atoms with van der Waals surface area (Å²) < 4.78 is 14.1. The first-order valence-corrected chi connectivity index (χ1v) is 13.4. The fourth-order valence-electron chi connectivity index (χ4n) is 4.62. The van der Waals surface area contributed by atoms with Gasteiger partial charge in [-0.05, 0) is 56.2 Å². The van der Waals surface area contributed by atoms with E-state index in [0.29, 0.717) is 19.4 Å². The van der Waals surface area contributed by atoms with Crippen LogP contribution < -0.4 is 21.3 Å². The monoisotopic (exact) mass is 546 g/mol. The van der Waals surface area contributed by atoms with E-state index in [-0.39, 0.29) is 34.9 Å². The number of halogens is 2. The second kappa shape index (κ2) is 12.5. The number of amides is 4. The van der Waals surface area contributed by atoms with Gasteiger partial charge in [0.25, 0.3) is 5.91 Å². The van der Waals surface area contributed by atoms with Gasteiger partial charge < -0.3 is 21.3 Å². The molecule has 38 heavy (non-hydrogen) atoms. The molecule has 1 heterocycles. The number of carbonyl (C=O) groups excluding carboxylic acids is 5. The van der Waals surface area contributed by atoms with Crippen molar-refractivity contribution in [1.29, 1.82) is 0 Å². The predicted molar refractivity (Wildman–Crippen MR) is 138 cm³/mol. The first-order valence-electron chi connectivity index (χ1n) is 13.1. The number of hydrogen-bond acceptors (Lipinski definition) is 5. The molecule has 11 heteroatoms. The van der Waals surface area contributed by atoms with Crippen LogP contribution in [0, 0.1) is 17.7 Å². The first kappa shape index (κ1) is 27.8. The summed E-state index contributed by atoms with van der Waals surface area (Å²) in [4.78, 5) is 63.6. The van der Waals surface area contributed by atoms with E-state index in [4.69, 9.17) is 11.6 Å². The van der Waals surface area contributed by atoms with Crippen LogP contribution in [0.4, 0.5) is 4.39 Å². The van der Waals surface area contributed by atoms with E-state index in [9.17, 15) is 28.4 Å². The Labute approximate surface area is 225 Å². The van der Waals surface area contributed by atoms with Crippen molar-refractivity contribution >= 4 is 47.1 Å². The summed E-state index contributed by atoms with van der Waals surface area (Å²) in [5, 5.41) is 10.9. The van der Waals surface area contributed by atoms with Crippen LogP contribution in [0.3, 0.4) is 0 Å². The molecule has 1 aromatic carbocycles. The first-order chi connectivity index (χ1) is 18.2. The third-order valence-corrected chi connectivity index (χ3v) is 7.49. The lowest BCUT2D eigenvalue weighted by Gasteiger charge is -2.30. The van der Waals surface area contributed by atoms with Crippen molar-refractivity contribution in [3.8, 4) is 0 Å². The van der Waals surface area contributed by atoms with Gasteiger partial charge in [0.1, 0.15) is 11.9 Å². The van der Waals surface area contributed by atoms with Gasteiger partial charge >= 0.3 is 0 Å². The second-order valence-electron chi connectivity index (χ2n) is 10.3. The van der Waals surface area contributed by atoms with Crippen LogP contribution in [0.15, 0.2) is 24.3 Å². The molecule has 0 bridgehead atoms. The van der Waals surface area contributed by atoms with Crippen molar-refractivity contribution in [1.82, 2.24) is 21.3 Å². The van der Waals surface area contributed by atoms with E-state index in [1.54, 1.807) is 0 Å². The smallest absolute Gasteiger partial charge is 0.289 e. The molecule has 9 nitrogen and oxygen atoms in total. The topological polar surface area (TPSA) is 133 Å². The van der Waals surface area contributed by atoms with Gasteiger partial charge in [-0.2, -0.15) is 0 Å². The highest BCUT2D eigenvalue weighted by molar-refractivity contribution is 6.38. The fraction of sp³-hybridized carbons (Fsp3) is 0.519. The van der Waals surface area contributed by atoms with E-state index in [2.05, 4.69) is 21.3 Å². The predicted octanol–water partition coefficient (Wildman–Crippen LogP) is 2.03. The van der Waals surface area contributed by atoms with Gasteiger partial charge in [-0.25, -0.2) is 4.39 Å². The summed E-state index contributed by atoms with van der Waals surface area (Å²) in [7, 11) is 0. The highest BCUT2D eigenvalue weighted by atomic mass is 35.5. The highest BCUT2D eigenvalue weighted by Gasteiger charge is 2.37. The minimum atomic E-state index is -1.20. The molecule has 0 aromatic heterocycles. The van der Waals surface area contributed by atoms with Crippen molar-refractivity contribution in [3.63, 3.8) is 0 Å². The van der Waals surface area contributed by atoms with Gasteiger partial charge in [0.05, 0.1) is 6.04 Å². The lowest BCUT2D eigenvalue weighted by atomic mass is 9.80. The molecule has 1 aliphatic heterocycles. The van der Waals surface area contributed by atoms with E-state index in [0.717, 1.165) is 44.2 Å². The molecule has 1 aromatic rings. The molecule has 4 N–H and O–H groups in total. The van der Waals surface area contributed by atoms with Gasteiger partial charge in [0, 0.05) is 35.2 Å². The SMILES string of the molecule is O=C(/C=C/c1ccc(Cl)cc1F)NC(CC1CCC1)C(=O)NC(CC1CCNC1=O)C(=O)C(=O)NC1CC1. The average molecular weight is 547 g/mol. The van der Waals surface area contributed by atoms with Crippen LogP contribution in [-0.2, 0) is 24.0 Å². The number of benzene rings is 1. The summed E-state index contributed by atoms with van der Waals surface area (Å²) in [6, 6.07) is 1.85. The van der Waals surface area contributed by atoms with E-state index >= 15 is 0 Å². The van der Waals surface area contributed by atoms with Crippen LogP contribution in [-0.4, -0.2) is 54.1 Å². The van der Waals surface area contributed by atoms with Crippen molar-refractivity contribution < 1.29 is 28.4 Å². The molecule has 4 amide bonds. The Hall–Kier alpha value is -3.27. The van der Waals surface area contributed by atoms with Gasteiger partial charge in [-0.15, -0.1) is 0 Å². The molecular weight excluding hydrogens is 515 g/mol. The fourth-order valence-corrected chi connectivity index (χ4v) is 4.77. The Morgan fingerprint density at radius 1 is 1.05 bits per heavy atom. The average Bonchev–Trinajstić information content (AvgIpc) is 3.57.